The second kappa shape index (κ2) is 9.86. The summed E-state index contributed by atoms with van der Waals surface area (Å²) in [6.07, 6.45) is 0. The zero-order chi connectivity index (χ0) is 18.5. The van der Waals surface area contributed by atoms with Gasteiger partial charge in [0.1, 0.15) is 11.8 Å². The van der Waals surface area contributed by atoms with E-state index < -0.39 is 0 Å². The van der Waals surface area contributed by atoms with Gasteiger partial charge in [0.2, 0.25) is 0 Å². The summed E-state index contributed by atoms with van der Waals surface area (Å²) in [5.74, 6) is 0.0560. The highest BCUT2D eigenvalue weighted by atomic mass is 35.5. The zero-order valence-electron chi connectivity index (χ0n) is 15.6. The number of ether oxygens (including phenoxy) is 1. The van der Waals surface area contributed by atoms with Crippen molar-refractivity contribution in [3.63, 3.8) is 0 Å². The normalized spacial score (nSPS) is 12.1. The minimum Gasteiger partial charge on any atom is -0.496 e. The third kappa shape index (κ3) is 6.74. The molecule has 1 aromatic rings. The number of methoxy groups -OCH3 is 1. The molecule has 1 atom stereocenters. The van der Waals surface area contributed by atoms with Crippen LogP contribution in [0.15, 0.2) is 12.1 Å². The standard InChI is InChI=1S/C18H26ClN3O2.ClH/c1-11(2)22-16(18(3,4)5)10-21-17(23)13-7-12(9-20)14(19)8-15(13)24-6;/h7-8,11,16,22H,10H2,1-6H3,(H,21,23);1H. The van der Waals surface area contributed by atoms with Crippen LogP contribution >= 0.6 is 24.0 Å². The van der Waals surface area contributed by atoms with Crippen LogP contribution in [0.25, 0.3) is 0 Å². The number of carbonyl (C=O) groups is 1. The molecule has 25 heavy (non-hydrogen) atoms. The maximum atomic E-state index is 12.5. The molecular formula is C18H27Cl2N3O2. The van der Waals surface area contributed by atoms with Crippen molar-refractivity contribution in [2.24, 2.45) is 5.41 Å². The van der Waals surface area contributed by atoms with Gasteiger partial charge in [-0.2, -0.15) is 5.26 Å². The second-order valence-corrected chi connectivity index (χ2v) is 7.50. The van der Waals surface area contributed by atoms with Crippen molar-refractivity contribution in [1.82, 2.24) is 10.6 Å². The first-order valence-corrected chi connectivity index (χ1v) is 8.29. The molecular weight excluding hydrogens is 361 g/mol. The highest BCUT2D eigenvalue weighted by Crippen LogP contribution is 2.27. The SMILES string of the molecule is COc1cc(Cl)c(C#N)cc1C(=O)NCC(NC(C)C)C(C)(C)C.Cl. The molecule has 0 aromatic heterocycles. The van der Waals surface area contributed by atoms with Crippen molar-refractivity contribution in [3.05, 3.63) is 28.3 Å². The third-order valence-corrected chi connectivity index (χ3v) is 4.01. The van der Waals surface area contributed by atoms with Crippen LogP contribution < -0.4 is 15.4 Å². The molecule has 0 aliphatic heterocycles. The van der Waals surface area contributed by atoms with Crippen LogP contribution in [0.5, 0.6) is 5.75 Å². The zero-order valence-corrected chi connectivity index (χ0v) is 17.1. The van der Waals surface area contributed by atoms with E-state index in [1.165, 1.54) is 19.2 Å². The summed E-state index contributed by atoms with van der Waals surface area (Å²) in [6, 6.07) is 5.34. The fraction of sp³-hybridized carbons (Fsp3) is 0.556. The molecule has 0 heterocycles. The van der Waals surface area contributed by atoms with Crippen LogP contribution in [0.1, 0.15) is 50.5 Å². The van der Waals surface area contributed by atoms with Crippen molar-refractivity contribution in [1.29, 1.82) is 5.26 Å². The monoisotopic (exact) mass is 387 g/mol. The maximum absolute atomic E-state index is 12.5. The molecule has 0 aliphatic carbocycles. The predicted octanol–water partition coefficient (Wildman–Crippen LogP) is 3.78. The van der Waals surface area contributed by atoms with Gasteiger partial charge >= 0.3 is 0 Å². The summed E-state index contributed by atoms with van der Waals surface area (Å²) in [5.41, 5.74) is 0.533. The van der Waals surface area contributed by atoms with E-state index >= 15 is 0 Å². The van der Waals surface area contributed by atoms with Gasteiger partial charge in [-0.1, -0.05) is 46.2 Å². The summed E-state index contributed by atoms with van der Waals surface area (Å²) in [6.45, 7) is 11.0. The molecule has 0 bridgehead atoms. The van der Waals surface area contributed by atoms with E-state index in [1.807, 2.05) is 6.07 Å². The molecule has 7 heteroatoms. The van der Waals surface area contributed by atoms with Gasteiger partial charge in [0, 0.05) is 24.7 Å². The molecule has 0 spiro atoms. The summed E-state index contributed by atoms with van der Waals surface area (Å²) in [4.78, 5) is 12.5. The van der Waals surface area contributed by atoms with E-state index in [9.17, 15) is 4.79 Å². The average molecular weight is 388 g/mol. The molecule has 0 saturated carbocycles. The van der Waals surface area contributed by atoms with Crippen molar-refractivity contribution in [2.45, 2.75) is 46.7 Å². The molecule has 1 unspecified atom stereocenters. The lowest BCUT2D eigenvalue weighted by Gasteiger charge is -2.33. The van der Waals surface area contributed by atoms with Crippen molar-refractivity contribution >= 4 is 29.9 Å². The van der Waals surface area contributed by atoms with Gasteiger partial charge in [0.15, 0.2) is 0 Å². The lowest BCUT2D eigenvalue weighted by molar-refractivity contribution is 0.0936. The fourth-order valence-electron chi connectivity index (χ4n) is 2.29. The molecule has 1 aromatic carbocycles. The van der Waals surface area contributed by atoms with E-state index in [4.69, 9.17) is 21.6 Å². The largest absolute Gasteiger partial charge is 0.496 e. The quantitative estimate of drug-likeness (QED) is 0.778. The van der Waals surface area contributed by atoms with Crippen LogP contribution in [-0.2, 0) is 0 Å². The minimum atomic E-state index is -0.292. The molecule has 0 aliphatic rings. The first kappa shape index (κ1) is 23.5. The summed E-state index contributed by atoms with van der Waals surface area (Å²) in [5, 5.41) is 15.7. The molecule has 0 saturated heterocycles. The number of hydrogen-bond acceptors (Lipinski definition) is 4. The smallest absolute Gasteiger partial charge is 0.255 e. The number of nitrogens with one attached hydrogen (secondary N) is 2. The fourth-order valence-corrected chi connectivity index (χ4v) is 2.49. The number of benzene rings is 1. The second-order valence-electron chi connectivity index (χ2n) is 7.09. The predicted molar refractivity (Wildman–Crippen MR) is 104 cm³/mol. The maximum Gasteiger partial charge on any atom is 0.255 e. The van der Waals surface area contributed by atoms with Crippen LogP contribution in [0.4, 0.5) is 0 Å². The number of hydrogen-bond donors (Lipinski definition) is 2. The van der Waals surface area contributed by atoms with Crippen LogP contribution in [0, 0.1) is 16.7 Å². The molecule has 0 fully saturated rings. The van der Waals surface area contributed by atoms with E-state index in [-0.39, 0.29) is 40.4 Å². The van der Waals surface area contributed by atoms with Gasteiger partial charge < -0.3 is 15.4 Å². The van der Waals surface area contributed by atoms with Crippen LogP contribution in [-0.4, -0.2) is 31.6 Å². The van der Waals surface area contributed by atoms with Gasteiger partial charge in [-0.25, -0.2) is 0 Å². The lowest BCUT2D eigenvalue weighted by Crippen LogP contribution is -2.50. The Morgan fingerprint density at radius 1 is 1.36 bits per heavy atom. The number of nitrogens with zero attached hydrogens (tertiary/aromatic N) is 1. The van der Waals surface area contributed by atoms with Crippen molar-refractivity contribution in [2.75, 3.05) is 13.7 Å². The van der Waals surface area contributed by atoms with Crippen LogP contribution in [0.2, 0.25) is 5.02 Å². The lowest BCUT2D eigenvalue weighted by atomic mass is 9.86. The van der Waals surface area contributed by atoms with Crippen LogP contribution in [0.3, 0.4) is 0 Å². The number of nitriles is 1. The molecule has 1 rings (SSSR count). The van der Waals surface area contributed by atoms with Crippen molar-refractivity contribution < 1.29 is 9.53 Å². The van der Waals surface area contributed by atoms with Gasteiger partial charge in [-0.3, -0.25) is 4.79 Å². The molecule has 140 valence electrons. The van der Waals surface area contributed by atoms with Gasteiger partial charge in [0.05, 0.1) is 23.3 Å². The van der Waals surface area contributed by atoms with E-state index in [2.05, 4.69) is 45.3 Å². The Balaban J connectivity index is 0.00000576. The Bertz CT molecular complexity index is 634. The first-order chi connectivity index (χ1) is 11.1. The number of rotatable bonds is 6. The highest BCUT2D eigenvalue weighted by Gasteiger charge is 2.26. The highest BCUT2D eigenvalue weighted by molar-refractivity contribution is 6.32. The Hall–Kier alpha value is -1.48. The summed E-state index contributed by atoms with van der Waals surface area (Å²) >= 11 is 5.99. The Labute approximate surface area is 161 Å². The summed E-state index contributed by atoms with van der Waals surface area (Å²) < 4.78 is 5.22. The van der Waals surface area contributed by atoms with E-state index in [0.717, 1.165) is 0 Å². The molecule has 1 amide bonds. The van der Waals surface area contributed by atoms with E-state index in [1.54, 1.807) is 0 Å². The van der Waals surface area contributed by atoms with Crippen molar-refractivity contribution in [3.8, 4) is 11.8 Å². The number of halogens is 2. The number of amides is 1. The number of carbonyl (C=O) groups excluding carboxylic acids is 1. The first-order valence-electron chi connectivity index (χ1n) is 7.92. The Kier molecular flexibility index (Phi) is 9.28. The Morgan fingerprint density at radius 2 is 1.96 bits per heavy atom. The molecule has 5 nitrogen and oxygen atoms in total. The molecule has 2 N–H and O–H groups in total. The summed E-state index contributed by atoms with van der Waals surface area (Å²) in [7, 11) is 1.47. The Morgan fingerprint density at radius 3 is 2.40 bits per heavy atom. The van der Waals surface area contributed by atoms with E-state index in [0.29, 0.717) is 23.9 Å². The van der Waals surface area contributed by atoms with Gasteiger partial charge in [-0.15, -0.1) is 12.4 Å². The topological polar surface area (TPSA) is 74.1 Å². The molecule has 0 radical (unpaired) electrons. The average Bonchev–Trinajstić information content (AvgIpc) is 2.49. The minimum absolute atomic E-state index is 0. The van der Waals surface area contributed by atoms with Gasteiger partial charge in [0.25, 0.3) is 5.91 Å². The third-order valence-electron chi connectivity index (χ3n) is 3.70. The van der Waals surface area contributed by atoms with Gasteiger partial charge in [-0.05, 0) is 11.5 Å².